The first-order chi connectivity index (χ1) is 9.13. The smallest absolute Gasteiger partial charge is 0.149 e. The average molecular weight is 285 g/mol. The minimum atomic E-state index is 0.329. The summed E-state index contributed by atoms with van der Waals surface area (Å²) in [6.07, 6.45) is 4.94. The Labute approximate surface area is 119 Å². The molecular formula is C13H21ClN4O. The van der Waals surface area contributed by atoms with Gasteiger partial charge >= 0.3 is 0 Å². The number of nitrogens with zero attached hydrogens (tertiary/aromatic N) is 3. The van der Waals surface area contributed by atoms with Crippen molar-refractivity contribution >= 4 is 17.4 Å². The maximum Gasteiger partial charge on any atom is 0.149 e. The van der Waals surface area contributed by atoms with Crippen LogP contribution in [0.15, 0.2) is 12.4 Å². The number of morpholine rings is 1. The van der Waals surface area contributed by atoms with Gasteiger partial charge in [0, 0.05) is 26.2 Å². The number of ether oxygens (including phenoxy) is 1. The first-order valence-electron chi connectivity index (χ1n) is 6.72. The summed E-state index contributed by atoms with van der Waals surface area (Å²) in [5.74, 6) is 0.733. The highest BCUT2D eigenvalue weighted by molar-refractivity contribution is 6.29. The topological polar surface area (TPSA) is 50.3 Å². The van der Waals surface area contributed by atoms with E-state index >= 15 is 0 Å². The van der Waals surface area contributed by atoms with Gasteiger partial charge in [-0.3, -0.25) is 9.88 Å². The predicted octanol–water partition coefficient (Wildman–Crippen LogP) is 2.04. The summed E-state index contributed by atoms with van der Waals surface area (Å²) in [4.78, 5) is 10.6. The van der Waals surface area contributed by atoms with E-state index in [1.54, 1.807) is 6.20 Å². The Morgan fingerprint density at radius 1 is 1.37 bits per heavy atom. The fourth-order valence-electron chi connectivity index (χ4n) is 2.41. The van der Waals surface area contributed by atoms with Crippen molar-refractivity contribution < 1.29 is 4.74 Å². The first-order valence-corrected chi connectivity index (χ1v) is 7.10. The van der Waals surface area contributed by atoms with Crippen LogP contribution in [0.5, 0.6) is 0 Å². The van der Waals surface area contributed by atoms with Crippen molar-refractivity contribution in [2.24, 2.45) is 0 Å². The van der Waals surface area contributed by atoms with Crippen LogP contribution in [-0.2, 0) is 4.74 Å². The lowest BCUT2D eigenvalue weighted by atomic mass is 10.2. The Bertz CT molecular complexity index is 394. The van der Waals surface area contributed by atoms with Crippen molar-refractivity contribution in [1.82, 2.24) is 14.9 Å². The monoisotopic (exact) mass is 284 g/mol. The van der Waals surface area contributed by atoms with Crippen LogP contribution in [0, 0.1) is 0 Å². The largest absolute Gasteiger partial charge is 0.373 e. The lowest BCUT2D eigenvalue weighted by Crippen LogP contribution is -2.45. The molecule has 0 spiro atoms. The molecule has 1 saturated heterocycles. The van der Waals surface area contributed by atoms with E-state index in [0.29, 0.717) is 17.4 Å². The molecule has 2 heterocycles. The number of aromatic nitrogens is 2. The Morgan fingerprint density at radius 3 is 2.79 bits per heavy atom. The molecule has 6 heteroatoms. The Hall–Kier alpha value is -0.910. The van der Waals surface area contributed by atoms with Gasteiger partial charge < -0.3 is 10.1 Å². The third kappa shape index (κ3) is 4.93. The van der Waals surface area contributed by atoms with Crippen LogP contribution in [0.2, 0.25) is 5.15 Å². The van der Waals surface area contributed by atoms with Crippen LogP contribution in [0.1, 0.15) is 20.3 Å². The second kappa shape index (κ2) is 7.03. The molecule has 106 valence electrons. The predicted molar refractivity (Wildman–Crippen MR) is 76.6 cm³/mol. The molecule has 2 unspecified atom stereocenters. The maximum absolute atomic E-state index is 5.78. The fraction of sp³-hybridized carbons (Fsp3) is 0.692. The van der Waals surface area contributed by atoms with Crippen molar-refractivity contribution in [2.75, 3.05) is 31.5 Å². The zero-order valence-electron chi connectivity index (χ0n) is 11.5. The van der Waals surface area contributed by atoms with Gasteiger partial charge in [-0.05, 0) is 20.3 Å². The van der Waals surface area contributed by atoms with E-state index < -0.39 is 0 Å². The van der Waals surface area contributed by atoms with Gasteiger partial charge in [0.2, 0.25) is 0 Å². The Morgan fingerprint density at radius 2 is 2.11 bits per heavy atom. The van der Waals surface area contributed by atoms with E-state index in [0.717, 1.165) is 38.4 Å². The van der Waals surface area contributed by atoms with Gasteiger partial charge in [0.05, 0.1) is 24.6 Å². The molecule has 2 rings (SSSR count). The molecule has 0 aliphatic carbocycles. The molecule has 1 aromatic heterocycles. The molecule has 5 nitrogen and oxygen atoms in total. The summed E-state index contributed by atoms with van der Waals surface area (Å²) in [7, 11) is 0. The van der Waals surface area contributed by atoms with E-state index in [9.17, 15) is 0 Å². The molecule has 19 heavy (non-hydrogen) atoms. The lowest BCUT2D eigenvalue weighted by molar-refractivity contribution is -0.0678. The molecule has 1 aromatic rings. The third-order valence-electron chi connectivity index (χ3n) is 3.06. The zero-order valence-corrected chi connectivity index (χ0v) is 12.2. The molecule has 1 fully saturated rings. The molecule has 1 aliphatic heterocycles. The van der Waals surface area contributed by atoms with Gasteiger partial charge in [0.15, 0.2) is 0 Å². The number of anilines is 1. The number of hydrogen-bond acceptors (Lipinski definition) is 5. The van der Waals surface area contributed by atoms with Crippen LogP contribution in [0.3, 0.4) is 0 Å². The summed E-state index contributed by atoms with van der Waals surface area (Å²) < 4.78 is 5.71. The van der Waals surface area contributed by atoms with Crippen molar-refractivity contribution in [3.8, 4) is 0 Å². The number of nitrogens with one attached hydrogen (secondary N) is 1. The third-order valence-corrected chi connectivity index (χ3v) is 3.24. The van der Waals surface area contributed by atoms with Gasteiger partial charge in [-0.25, -0.2) is 4.98 Å². The van der Waals surface area contributed by atoms with Crippen LogP contribution < -0.4 is 5.32 Å². The molecule has 0 saturated carbocycles. The van der Waals surface area contributed by atoms with E-state index in [-0.39, 0.29) is 0 Å². The van der Waals surface area contributed by atoms with E-state index in [4.69, 9.17) is 16.3 Å². The highest BCUT2D eigenvalue weighted by Crippen LogP contribution is 2.11. The van der Waals surface area contributed by atoms with Crippen molar-refractivity contribution in [3.63, 3.8) is 0 Å². The van der Waals surface area contributed by atoms with E-state index in [1.165, 1.54) is 6.20 Å². The maximum atomic E-state index is 5.78. The molecule has 0 aromatic carbocycles. The first kappa shape index (κ1) is 14.5. The minimum Gasteiger partial charge on any atom is -0.373 e. The fourth-order valence-corrected chi connectivity index (χ4v) is 2.56. The summed E-state index contributed by atoms with van der Waals surface area (Å²) >= 11 is 5.78. The molecular weight excluding hydrogens is 264 g/mol. The lowest BCUT2D eigenvalue weighted by Gasteiger charge is -2.35. The van der Waals surface area contributed by atoms with Gasteiger partial charge in [0.25, 0.3) is 0 Å². The summed E-state index contributed by atoms with van der Waals surface area (Å²) in [6.45, 7) is 8.22. The zero-order chi connectivity index (χ0) is 13.7. The summed E-state index contributed by atoms with van der Waals surface area (Å²) in [6, 6.07) is 0. The Kier molecular flexibility index (Phi) is 5.36. The SMILES string of the molecule is CC1CN(CCCNc2cncc(Cl)n2)CC(C)O1. The summed E-state index contributed by atoms with van der Waals surface area (Å²) in [5, 5.41) is 3.65. The molecule has 0 amide bonds. The highest BCUT2D eigenvalue weighted by atomic mass is 35.5. The quantitative estimate of drug-likeness (QED) is 0.839. The molecule has 0 radical (unpaired) electrons. The minimum absolute atomic E-state index is 0.329. The van der Waals surface area contributed by atoms with Crippen molar-refractivity contribution in [2.45, 2.75) is 32.5 Å². The van der Waals surface area contributed by atoms with Gasteiger partial charge in [-0.2, -0.15) is 0 Å². The molecule has 2 atom stereocenters. The molecule has 1 N–H and O–H groups in total. The molecule has 1 aliphatic rings. The average Bonchev–Trinajstić information content (AvgIpc) is 2.34. The number of halogens is 1. The second-order valence-electron chi connectivity index (χ2n) is 5.02. The van der Waals surface area contributed by atoms with Gasteiger partial charge in [0.1, 0.15) is 11.0 Å². The summed E-state index contributed by atoms with van der Waals surface area (Å²) in [5.41, 5.74) is 0. The second-order valence-corrected chi connectivity index (χ2v) is 5.41. The van der Waals surface area contributed by atoms with Gasteiger partial charge in [-0.1, -0.05) is 11.6 Å². The number of rotatable bonds is 5. The van der Waals surface area contributed by atoms with E-state index in [2.05, 4.69) is 34.0 Å². The molecule has 0 bridgehead atoms. The standard InChI is InChI=1S/C13H21ClN4O/c1-10-8-18(9-11(2)19-10)5-3-4-16-13-7-15-6-12(14)17-13/h6-7,10-11H,3-5,8-9H2,1-2H3,(H,16,17). The van der Waals surface area contributed by atoms with Crippen LogP contribution >= 0.6 is 11.6 Å². The van der Waals surface area contributed by atoms with Crippen LogP contribution in [-0.4, -0.2) is 53.3 Å². The van der Waals surface area contributed by atoms with Crippen LogP contribution in [0.4, 0.5) is 5.82 Å². The van der Waals surface area contributed by atoms with Crippen LogP contribution in [0.25, 0.3) is 0 Å². The normalized spacial score (nSPS) is 24.4. The Balaban J connectivity index is 1.66. The number of hydrogen-bond donors (Lipinski definition) is 1. The highest BCUT2D eigenvalue weighted by Gasteiger charge is 2.21. The van der Waals surface area contributed by atoms with Crippen molar-refractivity contribution in [3.05, 3.63) is 17.5 Å². The van der Waals surface area contributed by atoms with E-state index in [1.807, 2.05) is 0 Å². The van der Waals surface area contributed by atoms with Crippen molar-refractivity contribution in [1.29, 1.82) is 0 Å². The van der Waals surface area contributed by atoms with Gasteiger partial charge in [-0.15, -0.1) is 0 Å².